The van der Waals surface area contributed by atoms with E-state index in [1.54, 1.807) is 6.08 Å². The zero-order chi connectivity index (χ0) is 19.5. The number of nitrogens with one attached hydrogen (secondary N) is 1. The molecule has 0 saturated heterocycles. The summed E-state index contributed by atoms with van der Waals surface area (Å²) in [5.41, 5.74) is 2.91. The number of fused-ring (bicyclic) bond motifs is 2. The van der Waals surface area contributed by atoms with Crippen LogP contribution in [0.1, 0.15) is 30.5 Å². The van der Waals surface area contributed by atoms with Gasteiger partial charge in [0.2, 0.25) is 12.7 Å². The summed E-state index contributed by atoms with van der Waals surface area (Å²) in [5.74, 6) is 2.87. The van der Waals surface area contributed by atoms with Gasteiger partial charge in [0.05, 0.1) is 6.61 Å². The van der Waals surface area contributed by atoms with Gasteiger partial charge in [-0.3, -0.25) is 4.79 Å². The molecule has 146 valence electrons. The molecule has 2 aliphatic rings. The Morgan fingerprint density at radius 3 is 2.93 bits per heavy atom. The van der Waals surface area contributed by atoms with Crippen molar-refractivity contribution in [1.29, 1.82) is 0 Å². The van der Waals surface area contributed by atoms with Crippen LogP contribution in [-0.2, 0) is 17.8 Å². The van der Waals surface area contributed by atoms with Crippen molar-refractivity contribution in [2.75, 3.05) is 13.4 Å². The summed E-state index contributed by atoms with van der Waals surface area (Å²) in [6.07, 6.45) is 4.30. The molecule has 6 nitrogen and oxygen atoms in total. The molecule has 2 heterocycles. The number of hydrogen-bond donors (Lipinski definition) is 1. The highest BCUT2D eigenvalue weighted by Gasteiger charge is 2.21. The maximum Gasteiger partial charge on any atom is 0.244 e. The molecule has 0 aliphatic carbocycles. The minimum atomic E-state index is -0.185. The first-order chi connectivity index (χ1) is 13.6. The molecule has 0 radical (unpaired) electrons. The zero-order valence-electron chi connectivity index (χ0n) is 16.0. The van der Waals surface area contributed by atoms with Gasteiger partial charge >= 0.3 is 0 Å². The monoisotopic (exact) mass is 381 g/mol. The maximum absolute atomic E-state index is 12.3. The summed E-state index contributed by atoms with van der Waals surface area (Å²) in [6.45, 7) is 5.19. The van der Waals surface area contributed by atoms with E-state index in [9.17, 15) is 4.79 Å². The lowest BCUT2D eigenvalue weighted by atomic mass is 10.1. The van der Waals surface area contributed by atoms with E-state index in [-0.39, 0.29) is 18.8 Å². The Hall–Kier alpha value is -3.15. The van der Waals surface area contributed by atoms with Crippen LogP contribution in [0.2, 0.25) is 0 Å². The van der Waals surface area contributed by atoms with Gasteiger partial charge in [-0.2, -0.15) is 0 Å². The van der Waals surface area contributed by atoms with E-state index in [4.69, 9.17) is 18.9 Å². The standard InChI is InChI=1S/C22H23NO5/c1-3-25-19-11-17-8-14(2)28-20(17)10-16(19)5-7-22(24)23-12-15-4-6-18-21(9-15)27-13-26-18/h4-7,9-11,14H,3,8,12-13H2,1-2H3,(H,23,24)/b7-5+. The predicted octanol–water partition coefficient (Wildman–Crippen LogP) is 3.47. The summed E-state index contributed by atoms with van der Waals surface area (Å²) in [5, 5.41) is 2.88. The molecular weight excluding hydrogens is 358 g/mol. The molecule has 28 heavy (non-hydrogen) atoms. The van der Waals surface area contributed by atoms with E-state index in [0.29, 0.717) is 18.9 Å². The lowest BCUT2D eigenvalue weighted by molar-refractivity contribution is -0.116. The van der Waals surface area contributed by atoms with Crippen LogP contribution < -0.4 is 24.3 Å². The molecule has 6 heteroatoms. The van der Waals surface area contributed by atoms with Crippen molar-refractivity contribution in [2.24, 2.45) is 0 Å². The number of benzene rings is 2. The molecule has 2 aromatic rings. The number of carbonyl (C=O) groups excluding carboxylic acids is 1. The largest absolute Gasteiger partial charge is 0.493 e. The second-order valence-corrected chi connectivity index (χ2v) is 6.80. The van der Waals surface area contributed by atoms with Crippen LogP contribution in [-0.4, -0.2) is 25.4 Å². The molecule has 0 bridgehead atoms. The first kappa shape index (κ1) is 18.2. The lowest BCUT2D eigenvalue weighted by Gasteiger charge is -2.10. The second-order valence-electron chi connectivity index (χ2n) is 6.80. The van der Waals surface area contributed by atoms with Crippen LogP contribution in [0.25, 0.3) is 6.08 Å². The van der Waals surface area contributed by atoms with Gasteiger partial charge in [-0.1, -0.05) is 6.07 Å². The number of carbonyl (C=O) groups is 1. The third-order valence-corrected chi connectivity index (χ3v) is 4.65. The van der Waals surface area contributed by atoms with Gasteiger partial charge in [-0.15, -0.1) is 0 Å². The normalized spacial score (nSPS) is 16.7. The van der Waals surface area contributed by atoms with Crippen molar-refractivity contribution in [3.63, 3.8) is 0 Å². The molecule has 1 unspecified atom stereocenters. The topological polar surface area (TPSA) is 66.0 Å². The van der Waals surface area contributed by atoms with E-state index < -0.39 is 0 Å². The van der Waals surface area contributed by atoms with Gasteiger partial charge in [-0.25, -0.2) is 0 Å². The van der Waals surface area contributed by atoms with Crippen LogP contribution in [0.5, 0.6) is 23.0 Å². The Kier molecular flexibility index (Phi) is 5.10. The summed E-state index contributed by atoms with van der Waals surface area (Å²) in [7, 11) is 0. The summed E-state index contributed by atoms with van der Waals surface area (Å²) >= 11 is 0. The van der Waals surface area contributed by atoms with Crippen molar-refractivity contribution in [1.82, 2.24) is 5.32 Å². The summed E-state index contributed by atoms with van der Waals surface area (Å²) in [4.78, 5) is 12.3. The van der Waals surface area contributed by atoms with Crippen LogP contribution >= 0.6 is 0 Å². The number of hydrogen-bond acceptors (Lipinski definition) is 5. The SMILES string of the molecule is CCOc1cc2c(cc1/C=C/C(=O)NCc1ccc3c(c1)OCO3)OC(C)C2. The Labute approximate surface area is 164 Å². The maximum atomic E-state index is 12.3. The Morgan fingerprint density at radius 2 is 2.07 bits per heavy atom. The van der Waals surface area contributed by atoms with Crippen molar-refractivity contribution in [3.05, 3.63) is 53.1 Å². The highest BCUT2D eigenvalue weighted by atomic mass is 16.7. The Morgan fingerprint density at radius 1 is 1.21 bits per heavy atom. The van der Waals surface area contributed by atoms with E-state index in [2.05, 4.69) is 5.32 Å². The third kappa shape index (κ3) is 3.91. The summed E-state index contributed by atoms with van der Waals surface area (Å²) in [6, 6.07) is 9.57. The first-order valence-electron chi connectivity index (χ1n) is 9.43. The van der Waals surface area contributed by atoms with Crippen molar-refractivity contribution >= 4 is 12.0 Å². The van der Waals surface area contributed by atoms with Crippen molar-refractivity contribution in [2.45, 2.75) is 32.9 Å². The molecule has 1 N–H and O–H groups in total. The molecule has 1 atom stereocenters. The van der Waals surface area contributed by atoms with Gasteiger partial charge in [0.25, 0.3) is 0 Å². The fraction of sp³-hybridized carbons (Fsp3) is 0.318. The van der Waals surface area contributed by atoms with Crippen LogP contribution in [0.15, 0.2) is 36.4 Å². The van der Waals surface area contributed by atoms with E-state index >= 15 is 0 Å². The smallest absolute Gasteiger partial charge is 0.244 e. The molecule has 1 amide bonds. The molecule has 0 spiro atoms. The average molecular weight is 381 g/mol. The summed E-state index contributed by atoms with van der Waals surface area (Å²) < 4.78 is 22.2. The minimum absolute atomic E-state index is 0.161. The van der Waals surface area contributed by atoms with E-state index in [1.165, 1.54) is 6.08 Å². The molecule has 2 aromatic carbocycles. The molecule has 2 aliphatic heterocycles. The average Bonchev–Trinajstić information content (AvgIpc) is 3.29. The Balaban J connectivity index is 1.42. The van der Waals surface area contributed by atoms with Crippen LogP contribution in [0, 0.1) is 0 Å². The highest BCUT2D eigenvalue weighted by molar-refractivity contribution is 5.92. The number of amides is 1. The number of rotatable bonds is 6. The number of ether oxygens (including phenoxy) is 4. The van der Waals surface area contributed by atoms with Gasteiger partial charge in [0.1, 0.15) is 17.6 Å². The molecular formula is C22H23NO5. The zero-order valence-corrected chi connectivity index (χ0v) is 16.0. The van der Waals surface area contributed by atoms with Gasteiger partial charge in [0.15, 0.2) is 11.5 Å². The van der Waals surface area contributed by atoms with Crippen molar-refractivity contribution < 1.29 is 23.7 Å². The van der Waals surface area contributed by atoms with E-state index in [1.807, 2.05) is 44.2 Å². The van der Waals surface area contributed by atoms with Crippen LogP contribution in [0.4, 0.5) is 0 Å². The fourth-order valence-electron chi connectivity index (χ4n) is 3.33. The quantitative estimate of drug-likeness (QED) is 0.776. The van der Waals surface area contributed by atoms with Gasteiger partial charge in [-0.05, 0) is 49.8 Å². The second kappa shape index (κ2) is 7.84. The Bertz CT molecular complexity index is 921. The third-order valence-electron chi connectivity index (χ3n) is 4.65. The van der Waals surface area contributed by atoms with Crippen molar-refractivity contribution in [3.8, 4) is 23.0 Å². The predicted molar refractivity (Wildman–Crippen MR) is 105 cm³/mol. The fourth-order valence-corrected chi connectivity index (χ4v) is 3.33. The van der Waals surface area contributed by atoms with Gasteiger partial charge in [0, 0.05) is 30.2 Å². The molecule has 4 rings (SSSR count). The lowest BCUT2D eigenvalue weighted by Crippen LogP contribution is -2.20. The minimum Gasteiger partial charge on any atom is -0.493 e. The molecule has 0 saturated carbocycles. The van der Waals surface area contributed by atoms with E-state index in [0.717, 1.165) is 40.4 Å². The molecule has 0 aromatic heterocycles. The van der Waals surface area contributed by atoms with Gasteiger partial charge < -0.3 is 24.3 Å². The molecule has 0 fully saturated rings. The highest BCUT2D eigenvalue weighted by Crippen LogP contribution is 2.36. The first-order valence-corrected chi connectivity index (χ1v) is 9.43. The van der Waals surface area contributed by atoms with Crippen LogP contribution in [0.3, 0.4) is 0 Å².